The number of ether oxygens (including phenoxy) is 2. The molecule has 1 N–H and O–H groups in total. The van der Waals surface area contributed by atoms with Gasteiger partial charge in [-0.1, -0.05) is 6.92 Å². The first-order chi connectivity index (χ1) is 8.76. The average Bonchev–Trinajstić information content (AvgIpc) is 2.42. The van der Waals surface area contributed by atoms with Crippen molar-refractivity contribution in [1.29, 1.82) is 0 Å². The van der Waals surface area contributed by atoms with Gasteiger partial charge in [0.15, 0.2) is 0 Å². The third-order valence-corrected chi connectivity index (χ3v) is 2.44. The van der Waals surface area contributed by atoms with Crippen LogP contribution in [0.2, 0.25) is 0 Å². The molecule has 0 unspecified atom stereocenters. The molecule has 0 spiro atoms. The first kappa shape index (κ1) is 14.4. The van der Waals surface area contributed by atoms with Gasteiger partial charge in [-0.25, -0.2) is 0 Å². The highest BCUT2D eigenvalue weighted by Gasteiger charge is 1.99. The lowest BCUT2D eigenvalue weighted by atomic mass is 10.2. The molecule has 0 amide bonds. The second-order valence-corrected chi connectivity index (χ2v) is 3.98. The lowest BCUT2D eigenvalue weighted by Gasteiger charge is -2.08. The summed E-state index contributed by atoms with van der Waals surface area (Å²) in [6, 6.07) is 7.84. The summed E-state index contributed by atoms with van der Waals surface area (Å²) in [4.78, 5) is 10.9. The van der Waals surface area contributed by atoms with Crippen molar-refractivity contribution >= 4 is 11.7 Å². The summed E-state index contributed by atoms with van der Waals surface area (Å²) in [5.74, 6) is 0.720. The number of methoxy groups -OCH3 is 1. The van der Waals surface area contributed by atoms with Crippen molar-refractivity contribution in [3.63, 3.8) is 0 Å². The van der Waals surface area contributed by atoms with E-state index in [2.05, 4.69) is 17.0 Å². The fraction of sp³-hybridized carbons (Fsp3) is 0.500. The fourth-order valence-corrected chi connectivity index (χ4v) is 1.46. The quantitative estimate of drug-likeness (QED) is 0.570. The molecule has 0 saturated heterocycles. The van der Waals surface area contributed by atoms with Crippen molar-refractivity contribution in [2.24, 2.45) is 0 Å². The normalized spacial score (nSPS) is 9.89. The molecule has 4 heteroatoms. The van der Waals surface area contributed by atoms with Crippen molar-refractivity contribution in [3.05, 3.63) is 24.3 Å². The van der Waals surface area contributed by atoms with Gasteiger partial charge in [0, 0.05) is 18.7 Å². The highest BCUT2D eigenvalue weighted by atomic mass is 16.5. The van der Waals surface area contributed by atoms with Crippen LogP contribution in [0.15, 0.2) is 24.3 Å². The second kappa shape index (κ2) is 8.39. The number of nitrogens with one attached hydrogen (secondary N) is 1. The lowest BCUT2D eigenvalue weighted by molar-refractivity contribution is -0.140. The number of anilines is 1. The Morgan fingerprint density at radius 3 is 2.61 bits per heavy atom. The molecule has 0 saturated carbocycles. The molecule has 0 aromatic heterocycles. The van der Waals surface area contributed by atoms with Gasteiger partial charge in [-0.3, -0.25) is 4.79 Å². The summed E-state index contributed by atoms with van der Waals surface area (Å²) in [6.45, 7) is 3.58. The van der Waals surface area contributed by atoms with Crippen LogP contribution < -0.4 is 10.1 Å². The summed E-state index contributed by atoms with van der Waals surface area (Å²) in [7, 11) is 1.41. The van der Waals surface area contributed by atoms with Gasteiger partial charge in [-0.05, 0) is 37.1 Å². The van der Waals surface area contributed by atoms with Gasteiger partial charge in [-0.15, -0.1) is 0 Å². The highest BCUT2D eigenvalue weighted by Crippen LogP contribution is 2.15. The molecule has 0 radical (unpaired) electrons. The van der Waals surface area contributed by atoms with Gasteiger partial charge < -0.3 is 14.8 Å². The molecular formula is C14H21NO3. The van der Waals surface area contributed by atoms with Crippen LogP contribution in [0.4, 0.5) is 5.69 Å². The largest absolute Gasteiger partial charge is 0.494 e. The van der Waals surface area contributed by atoms with E-state index in [-0.39, 0.29) is 5.97 Å². The second-order valence-electron chi connectivity index (χ2n) is 3.98. The van der Waals surface area contributed by atoms with Gasteiger partial charge in [0.1, 0.15) is 5.75 Å². The molecule has 0 aliphatic carbocycles. The average molecular weight is 251 g/mol. The minimum absolute atomic E-state index is 0.167. The van der Waals surface area contributed by atoms with E-state index in [4.69, 9.17) is 4.74 Å². The smallest absolute Gasteiger partial charge is 0.305 e. The van der Waals surface area contributed by atoms with E-state index in [1.54, 1.807) is 0 Å². The number of rotatable bonds is 8. The van der Waals surface area contributed by atoms with E-state index < -0.39 is 0 Å². The van der Waals surface area contributed by atoms with Crippen molar-refractivity contribution in [2.45, 2.75) is 26.2 Å². The molecule has 1 rings (SSSR count). The van der Waals surface area contributed by atoms with Crippen LogP contribution in [0.25, 0.3) is 0 Å². The number of carbonyl (C=O) groups is 1. The standard InChI is InChI=1S/C14H21NO3/c1-3-11-18-13-8-6-12(7-9-13)15-10-4-5-14(16)17-2/h6-9,15H,3-5,10-11H2,1-2H3. The van der Waals surface area contributed by atoms with Gasteiger partial charge in [0.25, 0.3) is 0 Å². The third-order valence-electron chi connectivity index (χ3n) is 2.44. The highest BCUT2D eigenvalue weighted by molar-refractivity contribution is 5.69. The number of esters is 1. The Hall–Kier alpha value is -1.71. The summed E-state index contributed by atoms with van der Waals surface area (Å²) < 4.78 is 10.1. The molecule has 4 nitrogen and oxygen atoms in total. The molecule has 1 aromatic carbocycles. The molecule has 0 heterocycles. The molecule has 0 bridgehead atoms. The predicted molar refractivity (Wildman–Crippen MR) is 72.0 cm³/mol. The Morgan fingerprint density at radius 1 is 1.28 bits per heavy atom. The van der Waals surface area contributed by atoms with Crippen molar-refractivity contribution < 1.29 is 14.3 Å². The van der Waals surface area contributed by atoms with Crippen LogP contribution in [0.5, 0.6) is 5.75 Å². The van der Waals surface area contributed by atoms with Gasteiger partial charge in [-0.2, -0.15) is 0 Å². The van der Waals surface area contributed by atoms with Crippen molar-refractivity contribution in [1.82, 2.24) is 0 Å². The maximum absolute atomic E-state index is 10.9. The molecule has 0 aliphatic rings. The Bertz CT molecular complexity index is 349. The van der Waals surface area contributed by atoms with E-state index in [1.807, 2.05) is 24.3 Å². The van der Waals surface area contributed by atoms with E-state index in [0.717, 1.165) is 37.4 Å². The van der Waals surface area contributed by atoms with Gasteiger partial charge in [0.2, 0.25) is 0 Å². The Labute approximate surface area is 108 Å². The Kier molecular flexibility index (Phi) is 6.69. The lowest BCUT2D eigenvalue weighted by Crippen LogP contribution is -2.06. The minimum Gasteiger partial charge on any atom is -0.494 e. The van der Waals surface area contributed by atoms with Crippen LogP contribution in [0.3, 0.4) is 0 Å². The van der Waals surface area contributed by atoms with Gasteiger partial charge >= 0.3 is 5.97 Å². The monoisotopic (exact) mass is 251 g/mol. The van der Waals surface area contributed by atoms with Gasteiger partial charge in [0.05, 0.1) is 13.7 Å². The Morgan fingerprint density at radius 2 is 2.00 bits per heavy atom. The van der Waals surface area contributed by atoms with Crippen molar-refractivity contribution in [2.75, 3.05) is 25.6 Å². The summed E-state index contributed by atoms with van der Waals surface area (Å²) in [5, 5.41) is 3.24. The molecule has 18 heavy (non-hydrogen) atoms. The van der Waals surface area contributed by atoms with Crippen molar-refractivity contribution in [3.8, 4) is 5.75 Å². The molecule has 0 aliphatic heterocycles. The first-order valence-corrected chi connectivity index (χ1v) is 6.29. The molecule has 0 atom stereocenters. The number of hydrogen-bond donors (Lipinski definition) is 1. The minimum atomic E-state index is -0.167. The maximum atomic E-state index is 10.9. The summed E-state index contributed by atoms with van der Waals surface area (Å²) >= 11 is 0. The fourth-order valence-electron chi connectivity index (χ4n) is 1.46. The number of hydrogen-bond acceptors (Lipinski definition) is 4. The SMILES string of the molecule is CCCOc1ccc(NCCCC(=O)OC)cc1. The molecule has 1 aromatic rings. The van der Waals surface area contributed by atoms with E-state index >= 15 is 0 Å². The topological polar surface area (TPSA) is 47.6 Å². The van der Waals surface area contributed by atoms with Crippen LogP contribution in [0.1, 0.15) is 26.2 Å². The summed E-state index contributed by atoms with van der Waals surface area (Å²) in [6.07, 6.45) is 2.22. The van der Waals surface area contributed by atoms with E-state index in [9.17, 15) is 4.79 Å². The zero-order valence-corrected chi connectivity index (χ0v) is 11.1. The third kappa shape index (κ3) is 5.57. The molecule has 0 fully saturated rings. The predicted octanol–water partition coefficient (Wildman–Crippen LogP) is 2.84. The van der Waals surface area contributed by atoms with Crippen LogP contribution in [-0.4, -0.2) is 26.2 Å². The maximum Gasteiger partial charge on any atom is 0.305 e. The zero-order chi connectivity index (χ0) is 13.2. The number of benzene rings is 1. The molecular weight excluding hydrogens is 230 g/mol. The number of carbonyl (C=O) groups excluding carboxylic acids is 1. The summed E-state index contributed by atoms with van der Waals surface area (Å²) in [5.41, 5.74) is 1.03. The zero-order valence-electron chi connectivity index (χ0n) is 11.1. The first-order valence-electron chi connectivity index (χ1n) is 6.29. The van der Waals surface area contributed by atoms with E-state index in [1.165, 1.54) is 7.11 Å². The van der Waals surface area contributed by atoms with Crippen LogP contribution in [-0.2, 0) is 9.53 Å². The van der Waals surface area contributed by atoms with Crippen LogP contribution in [0, 0.1) is 0 Å². The molecule has 100 valence electrons. The van der Waals surface area contributed by atoms with E-state index in [0.29, 0.717) is 6.42 Å². The Balaban J connectivity index is 2.24. The van der Waals surface area contributed by atoms with Crippen LogP contribution >= 0.6 is 0 Å².